The molecule has 0 amide bonds. The van der Waals surface area contributed by atoms with Crippen molar-refractivity contribution in [2.75, 3.05) is 0 Å². The van der Waals surface area contributed by atoms with E-state index >= 15 is 0 Å². The maximum atomic E-state index is 1.68. The van der Waals surface area contributed by atoms with Crippen molar-refractivity contribution in [3.05, 3.63) is 0 Å². The van der Waals surface area contributed by atoms with Crippen LogP contribution in [0.3, 0.4) is 0 Å². The Balaban J connectivity index is 0.0000000631. The monoisotopic (exact) mass is 1430 g/mol. The van der Waals surface area contributed by atoms with Gasteiger partial charge in [-0.05, 0) is 583 Å². The summed E-state index contributed by atoms with van der Waals surface area (Å²) in [7, 11) is 0. The zero-order chi connectivity index (χ0) is 68.0. The quantitative estimate of drug-likeness (QED) is 0.212. The van der Waals surface area contributed by atoms with Gasteiger partial charge in [0.1, 0.15) is 0 Å². The van der Waals surface area contributed by atoms with Crippen molar-refractivity contribution in [1.82, 2.24) is 0 Å². The maximum Gasteiger partial charge on any atom is -0.0266 e. The minimum atomic E-state index is 0.921. The lowest BCUT2D eigenvalue weighted by Gasteiger charge is -3.03. The van der Waals surface area contributed by atoms with Crippen LogP contribution in [0.15, 0.2) is 0 Å². The highest BCUT2D eigenvalue weighted by Crippen LogP contribution is 3.01. The summed E-state index contributed by atoms with van der Waals surface area (Å²) in [4.78, 5) is 0. The second-order valence-corrected chi connectivity index (χ2v) is 51.7. The molecule has 106 heavy (non-hydrogen) atoms. The molecule has 45 rings (SSSR count). The Kier molecular flexibility index (Phi) is 15.3. The number of hydrogen-bond acceptors (Lipinski definition) is 0. The molecule has 23 atom stereocenters. The van der Waals surface area contributed by atoms with E-state index in [2.05, 4.69) is 0 Å². The van der Waals surface area contributed by atoms with Crippen molar-refractivity contribution in [3.63, 3.8) is 0 Å². The van der Waals surface area contributed by atoms with Crippen molar-refractivity contribution >= 4 is 0 Å². The summed E-state index contributed by atoms with van der Waals surface area (Å²) in [6.45, 7) is 0. The van der Waals surface area contributed by atoms with E-state index in [-0.39, 0.29) is 0 Å². The minimum absolute atomic E-state index is 0.921. The summed E-state index contributed by atoms with van der Waals surface area (Å²) >= 11 is 0. The first-order valence-corrected chi connectivity index (χ1v) is 52.4. The average Bonchev–Trinajstić information content (AvgIpc) is 1.06. The Morgan fingerprint density at radius 1 is 0.132 bits per heavy atom. The van der Waals surface area contributed by atoms with Crippen LogP contribution in [0.4, 0.5) is 0 Å². The molecule has 0 aromatic carbocycles. The molecule has 0 radical (unpaired) electrons. The SMILES string of the molecule is C12C3C4C1C1C2C3C41.C1C2C3CC4C5CC3C1C5C24.C1C2CC3C1C3C2.C1C2CC3CC1CC(C2)C3.C1C2CC3CC1CC3C2.C1CC2C3C(C1)C23.C1CC2C3C1C23.C1CC2C3CCC(C3)C2C1.C1CC2CC1C1C3CCC(C3)C21.C1CC2CC3CCC2(C1)C3.C1CCC2C3CCC2C(C1)C3.C1CCCC1. The van der Waals surface area contributed by atoms with E-state index in [4.69, 9.17) is 0 Å². The van der Waals surface area contributed by atoms with Gasteiger partial charge in [-0.1, -0.05) is 70.6 Å². The molecule has 0 aromatic rings. The normalized spacial score (nSPS) is 66.8. The molecular weight excluding hydrogens is 1270 g/mol. The van der Waals surface area contributed by atoms with Crippen LogP contribution in [0.5, 0.6) is 0 Å². The first-order chi connectivity index (χ1) is 52.4. The van der Waals surface area contributed by atoms with Gasteiger partial charge in [-0.3, -0.25) is 0 Å². The third-order valence-electron chi connectivity index (χ3n) is 49.3. The molecule has 45 aliphatic carbocycles. The van der Waals surface area contributed by atoms with Crippen molar-refractivity contribution in [1.29, 1.82) is 0 Å². The smallest absolute Gasteiger partial charge is 0.0266 e. The van der Waals surface area contributed by atoms with Crippen LogP contribution >= 0.6 is 0 Å². The highest BCUT2D eigenvalue weighted by atomic mass is 15.0. The summed E-state index contributed by atoms with van der Waals surface area (Å²) in [6.07, 6.45) is 84.5. The summed E-state index contributed by atoms with van der Waals surface area (Å²) in [6, 6.07) is 0. The van der Waals surface area contributed by atoms with E-state index in [9.17, 15) is 0 Å². The first kappa shape index (κ1) is 66.1. The standard InChI is InChI=1S/C12H18.C11H14.C11H18.3C10H16.C9H14.C8H8.2C7H10.C6H8.C5H10/c1-2-8-5-7(1)11-9-3-4-10(6-9)12(8)11;1-4-5-2-9-8(1)10-6(4)3-7(5)11(9)10;1-2-4-10-9-5-6-11(10)8(3-1)7-9;1-7-2-9-4-8(1)5-10(3-7)6-9;1-2-9-6-8-3-5-10(9,4-1)7-8;1-2-9-7-4-5-8(6-7)10(9)3-1;1-6-2-8-4-7(1)5-9(8)3-6;1-2-5-3(1)7-4(1)6(2)8(5)7;1-4-2-6-5(1)7(6)3-4;1-2-4-6-5(3-1)7(4)6;1-2-4-5-3(1)6(4)5;1-2-4-5-3-1/h7-12H,1-6H2;4-11H,1-3H2;8-11H,1-7H2;7-10H,1-6H2;8-9H,1-7H2;7-10H,1-6H2;6-9H,1-5H2;1-8H;2*4-7H,1-3H2;3-6H,1-2H2;1-5H2. The topological polar surface area (TPSA) is 0 Å². The zero-order valence-electron chi connectivity index (χ0n) is 68.0. The fourth-order valence-corrected chi connectivity index (χ4v) is 46.3. The fourth-order valence-electron chi connectivity index (χ4n) is 46.3. The van der Waals surface area contributed by atoms with E-state index in [1.54, 1.807) is 308 Å². The van der Waals surface area contributed by atoms with Gasteiger partial charge in [0.2, 0.25) is 0 Å². The molecule has 582 valence electrons. The molecule has 30 bridgehead atoms. The average molecular weight is 1430 g/mol. The lowest BCUT2D eigenvalue weighted by Crippen LogP contribution is -3.00. The van der Waals surface area contributed by atoms with E-state index in [0.29, 0.717) is 0 Å². The molecule has 1 spiro atoms. The number of hydrogen-bond donors (Lipinski definition) is 0. The summed E-state index contributed by atoms with van der Waals surface area (Å²) < 4.78 is 0. The molecule has 0 N–H and O–H groups in total. The van der Waals surface area contributed by atoms with Crippen LogP contribution in [0, 0.1) is 313 Å². The second-order valence-electron chi connectivity index (χ2n) is 51.7. The molecule has 0 nitrogen and oxygen atoms in total. The summed E-state index contributed by atoms with van der Waals surface area (Å²) in [5, 5.41) is 0. The summed E-state index contributed by atoms with van der Waals surface area (Å²) in [5.41, 5.74) is 0.921. The molecular formula is C106H158. The molecule has 0 heteroatoms. The largest absolute Gasteiger partial charge is 0.0533 e. The van der Waals surface area contributed by atoms with Gasteiger partial charge in [-0.15, -0.1) is 0 Å². The Morgan fingerprint density at radius 3 is 0.830 bits per heavy atom. The molecule has 0 heterocycles. The van der Waals surface area contributed by atoms with Gasteiger partial charge in [0, 0.05) is 0 Å². The van der Waals surface area contributed by atoms with Crippen molar-refractivity contribution in [2.24, 2.45) is 313 Å². The molecule has 45 fully saturated rings. The van der Waals surface area contributed by atoms with Gasteiger partial charge in [-0.25, -0.2) is 0 Å². The van der Waals surface area contributed by atoms with Crippen molar-refractivity contribution in [3.8, 4) is 0 Å². The zero-order valence-corrected chi connectivity index (χ0v) is 68.0. The van der Waals surface area contributed by atoms with Gasteiger partial charge >= 0.3 is 0 Å². The Hall–Kier alpha value is 0. The van der Waals surface area contributed by atoms with E-state index in [1.165, 1.54) is 340 Å². The van der Waals surface area contributed by atoms with Gasteiger partial charge < -0.3 is 0 Å². The van der Waals surface area contributed by atoms with E-state index in [0.717, 1.165) is 5.41 Å². The highest BCUT2D eigenvalue weighted by molar-refractivity contribution is 5.44. The highest BCUT2D eigenvalue weighted by Gasteiger charge is 2.98. The summed E-state index contributed by atoms with van der Waals surface area (Å²) in [5.74, 6) is 64.7. The second kappa shape index (κ2) is 24.6. The van der Waals surface area contributed by atoms with Crippen LogP contribution in [0.25, 0.3) is 0 Å². The Morgan fingerprint density at radius 2 is 0.443 bits per heavy atom. The number of fused-ring (bicyclic) bond motifs is 20. The molecule has 45 saturated carbocycles. The van der Waals surface area contributed by atoms with Gasteiger partial charge in [0.15, 0.2) is 0 Å². The van der Waals surface area contributed by atoms with Crippen LogP contribution in [-0.2, 0) is 0 Å². The fraction of sp³-hybridized carbons (Fsp3) is 1.00. The lowest BCUT2D eigenvalue weighted by molar-refractivity contribution is -0.565. The van der Waals surface area contributed by atoms with Gasteiger partial charge in [0.25, 0.3) is 0 Å². The Labute approximate surface area is 649 Å². The van der Waals surface area contributed by atoms with Crippen molar-refractivity contribution in [2.45, 2.75) is 340 Å². The van der Waals surface area contributed by atoms with Gasteiger partial charge in [-0.2, -0.15) is 0 Å². The Bertz CT molecular complexity index is 2900. The first-order valence-electron chi connectivity index (χ1n) is 52.4. The molecule has 45 aliphatic rings. The van der Waals surface area contributed by atoms with E-state index < -0.39 is 0 Å². The van der Waals surface area contributed by atoms with Crippen LogP contribution in [-0.4, -0.2) is 0 Å². The predicted molar refractivity (Wildman–Crippen MR) is 429 cm³/mol. The third-order valence-corrected chi connectivity index (χ3v) is 49.3. The molecule has 0 saturated heterocycles. The number of rotatable bonds is 0. The minimum Gasteiger partial charge on any atom is -0.0533 e. The van der Waals surface area contributed by atoms with Crippen LogP contribution in [0.1, 0.15) is 340 Å². The molecule has 0 aromatic heterocycles. The third kappa shape index (κ3) is 9.83. The van der Waals surface area contributed by atoms with Crippen LogP contribution in [0.2, 0.25) is 0 Å². The van der Waals surface area contributed by atoms with Crippen molar-refractivity contribution < 1.29 is 0 Å². The van der Waals surface area contributed by atoms with Crippen LogP contribution < -0.4 is 0 Å². The maximum absolute atomic E-state index is 1.68. The lowest BCUT2D eigenvalue weighted by atomic mass is 9.01. The van der Waals surface area contributed by atoms with E-state index in [1.807, 2.05) is 0 Å². The van der Waals surface area contributed by atoms with Gasteiger partial charge in [0.05, 0.1) is 0 Å². The predicted octanol–water partition coefficient (Wildman–Crippen LogP) is 27.1. The molecule has 23 unspecified atom stereocenters. The molecule has 0 aliphatic heterocycles.